The molecule has 1 atom stereocenters. The lowest BCUT2D eigenvalue weighted by atomic mass is 9.92. The first-order valence-corrected chi connectivity index (χ1v) is 5.02. The molecule has 1 aliphatic carbocycles. The first kappa shape index (κ1) is 9.57. The van der Waals surface area contributed by atoms with Crippen LogP contribution >= 0.6 is 0 Å². The van der Waals surface area contributed by atoms with Crippen LogP contribution in [-0.2, 0) is 0 Å². The highest BCUT2D eigenvalue weighted by Crippen LogP contribution is 2.51. The van der Waals surface area contributed by atoms with Gasteiger partial charge in [0.2, 0.25) is 0 Å². The van der Waals surface area contributed by atoms with Gasteiger partial charge in [-0.1, -0.05) is 45.1 Å². The molecule has 0 spiro atoms. The summed E-state index contributed by atoms with van der Waals surface area (Å²) in [5.74, 6) is 0.749. The second-order valence-corrected chi connectivity index (χ2v) is 4.16. The van der Waals surface area contributed by atoms with Crippen molar-refractivity contribution in [1.29, 1.82) is 0 Å². The van der Waals surface area contributed by atoms with E-state index in [0.717, 1.165) is 12.3 Å². The van der Waals surface area contributed by atoms with Crippen molar-refractivity contribution in [2.45, 2.75) is 40.0 Å². The summed E-state index contributed by atoms with van der Waals surface area (Å²) in [7, 11) is 0. The molecule has 0 amide bonds. The van der Waals surface area contributed by atoms with Gasteiger partial charge in [-0.05, 0) is 30.6 Å². The van der Waals surface area contributed by atoms with E-state index >= 15 is 0 Å². The van der Waals surface area contributed by atoms with E-state index in [4.69, 9.17) is 0 Å². The second kappa shape index (κ2) is 3.93. The van der Waals surface area contributed by atoms with Crippen LogP contribution in [0.5, 0.6) is 0 Å². The van der Waals surface area contributed by atoms with Crippen LogP contribution in [0.2, 0.25) is 0 Å². The van der Waals surface area contributed by atoms with Crippen LogP contribution in [0.4, 0.5) is 0 Å². The van der Waals surface area contributed by atoms with Gasteiger partial charge in [0.05, 0.1) is 0 Å². The zero-order valence-corrected chi connectivity index (χ0v) is 8.51. The molecule has 0 aliphatic heterocycles. The highest BCUT2D eigenvalue weighted by Gasteiger charge is 2.40. The monoisotopic (exact) mass is 164 g/mol. The third kappa shape index (κ3) is 2.51. The molecule has 0 heteroatoms. The van der Waals surface area contributed by atoms with Crippen molar-refractivity contribution in [2.75, 3.05) is 0 Å². The van der Waals surface area contributed by atoms with Crippen LogP contribution in [0.3, 0.4) is 0 Å². The van der Waals surface area contributed by atoms with Gasteiger partial charge in [0, 0.05) is 0 Å². The molecule has 1 rings (SSSR count). The Labute approximate surface area is 76.4 Å². The van der Waals surface area contributed by atoms with Gasteiger partial charge in [0.25, 0.3) is 0 Å². The summed E-state index contributed by atoms with van der Waals surface area (Å²) in [6.07, 6.45) is 12.8. The third-order valence-electron chi connectivity index (χ3n) is 3.02. The van der Waals surface area contributed by atoms with Crippen LogP contribution < -0.4 is 0 Å². The summed E-state index contributed by atoms with van der Waals surface area (Å²) in [5, 5.41) is 0. The van der Waals surface area contributed by atoms with Crippen molar-refractivity contribution in [3.8, 4) is 0 Å². The fourth-order valence-electron chi connectivity index (χ4n) is 1.33. The van der Waals surface area contributed by atoms with Crippen LogP contribution in [0.25, 0.3) is 0 Å². The fourth-order valence-corrected chi connectivity index (χ4v) is 1.33. The molecular formula is C12H20. The summed E-state index contributed by atoms with van der Waals surface area (Å²) < 4.78 is 0. The van der Waals surface area contributed by atoms with Gasteiger partial charge in [-0.15, -0.1) is 0 Å². The predicted octanol–water partition coefficient (Wildman–Crippen LogP) is 3.95. The molecule has 12 heavy (non-hydrogen) atoms. The molecule has 1 aliphatic rings. The van der Waals surface area contributed by atoms with E-state index < -0.39 is 0 Å². The molecular weight excluding hydrogens is 144 g/mol. The lowest BCUT2D eigenvalue weighted by molar-refractivity contribution is 0.439. The van der Waals surface area contributed by atoms with Crippen LogP contribution in [0.1, 0.15) is 40.0 Å². The van der Waals surface area contributed by atoms with Crippen molar-refractivity contribution in [2.24, 2.45) is 11.3 Å². The van der Waals surface area contributed by atoms with Gasteiger partial charge < -0.3 is 0 Å². The highest BCUT2D eigenvalue weighted by atomic mass is 14.5. The molecule has 1 fully saturated rings. The van der Waals surface area contributed by atoms with Crippen LogP contribution in [0.15, 0.2) is 24.3 Å². The number of allylic oxidation sites excluding steroid dienone is 4. The lowest BCUT2D eigenvalue weighted by Gasteiger charge is -2.12. The highest BCUT2D eigenvalue weighted by molar-refractivity contribution is 5.08. The minimum atomic E-state index is 0.635. The summed E-state index contributed by atoms with van der Waals surface area (Å²) in [5.41, 5.74) is 0.635. The first-order valence-electron chi connectivity index (χ1n) is 5.02. The topological polar surface area (TPSA) is 0 Å². The first-order chi connectivity index (χ1) is 5.69. The Morgan fingerprint density at radius 3 is 2.50 bits per heavy atom. The van der Waals surface area contributed by atoms with E-state index in [0.29, 0.717) is 5.41 Å². The Bertz CT molecular complexity index is 182. The molecule has 0 heterocycles. The molecule has 0 aromatic carbocycles. The largest absolute Gasteiger partial charge is 0.0848 e. The number of rotatable bonds is 4. The van der Waals surface area contributed by atoms with Gasteiger partial charge in [-0.2, -0.15) is 0 Å². The Morgan fingerprint density at radius 1 is 1.33 bits per heavy atom. The average molecular weight is 164 g/mol. The van der Waals surface area contributed by atoms with E-state index in [-0.39, 0.29) is 0 Å². The Balaban J connectivity index is 2.30. The Kier molecular flexibility index (Phi) is 3.13. The van der Waals surface area contributed by atoms with Crippen LogP contribution in [0, 0.1) is 11.3 Å². The molecule has 0 bridgehead atoms. The van der Waals surface area contributed by atoms with Gasteiger partial charge in [-0.25, -0.2) is 0 Å². The molecule has 0 N–H and O–H groups in total. The quantitative estimate of drug-likeness (QED) is 0.552. The van der Waals surface area contributed by atoms with Gasteiger partial charge in [0.15, 0.2) is 0 Å². The van der Waals surface area contributed by atoms with Crippen LogP contribution in [-0.4, -0.2) is 0 Å². The van der Waals surface area contributed by atoms with Gasteiger partial charge in [0.1, 0.15) is 0 Å². The summed E-state index contributed by atoms with van der Waals surface area (Å²) >= 11 is 0. The smallest absolute Gasteiger partial charge is 0.0205 e. The minimum absolute atomic E-state index is 0.635. The van der Waals surface area contributed by atoms with Gasteiger partial charge >= 0.3 is 0 Å². The number of hydrogen-bond donors (Lipinski definition) is 0. The fraction of sp³-hybridized carbons (Fsp3) is 0.667. The predicted molar refractivity (Wildman–Crippen MR) is 55.1 cm³/mol. The van der Waals surface area contributed by atoms with Crippen molar-refractivity contribution < 1.29 is 0 Å². The second-order valence-electron chi connectivity index (χ2n) is 4.16. The van der Waals surface area contributed by atoms with E-state index in [1.165, 1.54) is 12.8 Å². The number of hydrogen-bond acceptors (Lipinski definition) is 0. The van der Waals surface area contributed by atoms with Crippen molar-refractivity contribution >= 4 is 0 Å². The normalized spacial score (nSPS) is 23.6. The standard InChI is InChI=1S/C12H20/c1-4-5-6-7-8-11(2)12(3)9-10-12/h5-8,11H,4,9-10H2,1-3H3/b6-5-,8-7-. The average Bonchev–Trinajstić information content (AvgIpc) is 2.78. The van der Waals surface area contributed by atoms with E-state index in [9.17, 15) is 0 Å². The zero-order chi connectivity index (χ0) is 9.03. The Hall–Kier alpha value is -0.520. The lowest BCUT2D eigenvalue weighted by Crippen LogP contribution is -2.04. The molecule has 0 aromatic heterocycles. The maximum atomic E-state index is 2.38. The van der Waals surface area contributed by atoms with E-state index in [2.05, 4.69) is 45.1 Å². The molecule has 0 saturated heterocycles. The van der Waals surface area contributed by atoms with Crippen molar-refractivity contribution in [3.63, 3.8) is 0 Å². The minimum Gasteiger partial charge on any atom is -0.0848 e. The van der Waals surface area contributed by atoms with Crippen molar-refractivity contribution in [3.05, 3.63) is 24.3 Å². The summed E-state index contributed by atoms with van der Waals surface area (Å²) in [6.45, 7) is 6.87. The maximum Gasteiger partial charge on any atom is -0.0205 e. The molecule has 0 nitrogen and oxygen atoms in total. The molecule has 68 valence electrons. The molecule has 0 aromatic rings. The Morgan fingerprint density at radius 2 is 2.00 bits per heavy atom. The third-order valence-corrected chi connectivity index (χ3v) is 3.02. The maximum absolute atomic E-state index is 2.38. The van der Waals surface area contributed by atoms with E-state index in [1.54, 1.807) is 0 Å². The molecule has 0 radical (unpaired) electrons. The van der Waals surface area contributed by atoms with Crippen molar-refractivity contribution in [1.82, 2.24) is 0 Å². The zero-order valence-electron chi connectivity index (χ0n) is 8.51. The van der Waals surface area contributed by atoms with Gasteiger partial charge in [-0.3, -0.25) is 0 Å². The molecule has 1 saturated carbocycles. The van der Waals surface area contributed by atoms with E-state index in [1.807, 2.05) is 0 Å². The summed E-state index contributed by atoms with van der Waals surface area (Å²) in [6, 6.07) is 0. The SMILES string of the molecule is CC/C=C\C=C/C(C)C1(C)CC1. The molecule has 1 unspecified atom stereocenters. The summed E-state index contributed by atoms with van der Waals surface area (Å²) in [4.78, 5) is 0.